The maximum Gasteiger partial charge on any atom is 0.276 e. The molecule has 0 aliphatic heterocycles. The molecule has 0 aliphatic rings. The standard InChI is InChI=1S/C8H15N5O/c1-5(9)3-13(2)7-6(10)8(14)12-4-11-7/h4-5H,3,9-10H2,1-2H3,(H,11,12,14). The van der Waals surface area contributed by atoms with Gasteiger partial charge in [0.25, 0.3) is 5.56 Å². The van der Waals surface area contributed by atoms with E-state index >= 15 is 0 Å². The lowest BCUT2D eigenvalue weighted by Crippen LogP contribution is -2.34. The lowest BCUT2D eigenvalue weighted by Gasteiger charge is -2.20. The fourth-order valence-corrected chi connectivity index (χ4v) is 1.22. The van der Waals surface area contributed by atoms with Crippen molar-refractivity contribution in [1.82, 2.24) is 9.97 Å². The van der Waals surface area contributed by atoms with Crippen molar-refractivity contribution < 1.29 is 0 Å². The normalized spacial score (nSPS) is 12.5. The molecule has 6 nitrogen and oxygen atoms in total. The van der Waals surface area contributed by atoms with E-state index in [-0.39, 0.29) is 17.3 Å². The van der Waals surface area contributed by atoms with Gasteiger partial charge in [-0.2, -0.15) is 0 Å². The lowest BCUT2D eigenvalue weighted by atomic mass is 10.3. The molecule has 0 fully saturated rings. The fraction of sp³-hybridized carbons (Fsp3) is 0.500. The van der Waals surface area contributed by atoms with E-state index in [1.807, 2.05) is 6.92 Å². The van der Waals surface area contributed by atoms with Gasteiger partial charge in [-0.1, -0.05) is 0 Å². The highest BCUT2D eigenvalue weighted by Gasteiger charge is 2.10. The molecule has 0 saturated carbocycles. The van der Waals surface area contributed by atoms with Crippen LogP contribution in [0, 0.1) is 0 Å². The predicted molar refractivity (Wildman–Crippen MR) is 56.2 cm³/mol. The van der Waals surface area contributed by atoms with E-state index in [9.17, 15) is 4.79 Å². The number of hydrogen-bond donors (Lipinski definition) is 3. The second-order valence-corrected chi connectivity index (χ2v) is 3.33. The predicted octanol–water partition coefficient (Wildman–Crippen LogP) is -0.864. The number of nitrogens with zero attached hydrogens (tertiary/aromatic N) is 2. The molecule has 0 saturated heterocycles. The Morgan fingerprint density at radius 1 is 1.71 bits per heavy atom. The minimum atomic E-state index is -0.327. The van der Waals surface area contributed by atoms with Gasteiger partial charge in [0.2, 0.25) is 0 Å². The highest BCUT2D eigenvalue weighted by atomic mass is 16.1. The molecule has 0 aromatic carbocycles. The quantitative estimate of drug-likeness (QED) is 0.585. The summed E-state index contributed by atoms with van der Waals surface area (Å²) in [5, 5.41) is 0. The number of anilines is 2. The number of nitrogen functional groups attached to an aromatic ring is 1. The molecule has 6 heteroatoms. The number of likely N-dealkylation sites (N-methyl/N-ethyl adjacent to an activating group) is 1. The first-order valence-electron chi connectivity index (χ1n) is 4.32. The van der Waals surface area contributed by atoms with Gasteiger partial charge < -0.3 is 21.4 Å². The average Bonchev–Trinajstić information content (AvgIpc) is 2.08. The summed E-state index contributed by atoms with van der Waals surface area (Å²) >= 11 is 0. The largest absolute Gasteiger partial charge is 0.391 e. The first kappa shape index (κ1) is 10.5. The number of H-pyrrole nitrogens is 1. The van der Waals surface area contributed by atoms with Gasteiger partial charge in [-0.3, -0.25) is 4.79 Å². The van der Waals surface area contributed by atoms with E-state index in [1.54, 1.807) is 11.9 Å². The Kier molecular flexibility index (Phi) is 3.08. The molecule has 0 amide bonds. The second-order valence-electron chi connectivity index (χ2n) is 3.33. The number of aromatic nitrogens is 2. The molecule has 14 heavy (non-hydrogen) atoms. The molecule has 78 valence electrons. The maximum atomic E-state index is 11.2. The number of aromatic amines is 1. The third kappa shape index (κ3) is 2.23. The number of nitrogens with one attached hydrogen (secondary N) is 1. The van der Waals surface area contributed by atoms with Crippen molar-refractivity contribution in [3.05, 3.63) is 16.7 Å². The van der Waals surface area contributed by atoms with Crippen LogP contribution in [0.1, 0.15) is 6.92 Å². The van der Waals surface area contributed by atoms with Crippen LogP contribution in [0.25, 0.3) is 0 Å². The van der Waals surface area contributed by atoms with Crippen molar-refractivity contribution in [2.75, 3.05) is 24.2 Å². The van der Waals surface area contributed by atoms with E-state index in [1.165, 1.54) is 6.33 Å². The zero-order valence-corrected chi connectivity index (χ0v) is 8.32. The Bertz CT molecular complexity index is 359. The summed E-state index contributed by atoms with van der Waals surface area (Å²) in [7, 11) is 1.79. The van der Waals surface area contributed by atoms with Crippen molar-refractivity contribution in [2.24, 2.45) is 5.73 Å². The smallest absolute Gasteiger partial charge is 0.276 e. The van der Waals surface area contributed by atoms with Gasteiger partial charge in [-0.15, -0.1) is 0 Å². The van der Waals surface area contributed by atoms with Crippen molar-refractivity contribution in [1.29, 1.82) is 0 Å². The summed E-state index contributed by atoms with van der Waals surface area (Å²) in [5.41, 5.74) is 11.0. The number of nitrogens with two attached hydrogens (primary N) is 2. The van der Waals surface area contributed by atoms with Gasteiger partial charge in [0.05, 0.1) is 6.33 Å². The third-order valence-corrected chi connectivity index (χ3v) is 1.79. The molecule has 0 bridgehead atoms. The van der Waals surface area contributed by atoms with Crippen LogP contribution >= 0.6 is 0 Å². The Hall–Kier alpha value is -1.56. The van der Waals surface area contributed by atoms with Gasteiger partial charge in [0, 0.05) is 19.6 Å². The summed E-state index contributed by atoms with van der Waals surface area (Å²) in [6.45, 7) is 2.47. The van der Waals surface area contributed by atoms with Crippen LogP contribution < -0.4 is 21.9 Å². The first-order chi connectivity index (χ1) is 6.52. The van der Waals surface area contributed by atoms with Crippen molar-refractivity contribution in [3.8, 4) is 0 Å². The van der Waals surface area contributed by atoms with E-state index < -0.39 is 0 Å². The van der Waals surface area contributed by atoms with Crippen LogP contribution in [0.4, 0.5) is 11.5 Å². The van der Waals surface area contributed by atoms with Crippen molar-refractivity contribution in [3.63, 3.8) is 0 Å². The molecule has 1 atom stereocenters. The Labute approximate surface area is 81.9 Å². The van der Waals surface area contributed by atoms with Crippen LogP contribution in [-0.2, 0) is 0 Å². The molecule has 1 aromatic heterocycles. The number of hydrogen-bond acceptors (Lipinski definition) is 5. The number of rotatable bonds is 3. The molecule has 0 spiro atoms. The maximum absolute atomic E-state index is 11.2. The molecular weight excluding hydrogens is 182 g/mol. The molecule has 1 aromatic rings. The van der Waals surface area contributed by atoms with E-state index in [0.29, 0.717) is 12.4 Å². The van der Waals surface area contributed by atoms with Crippen molar-refractivity contribution >= 4 is 11.5 Å². The third-order valence-electron chi connectivity index (χ3n) is 1.79. The van der Waals surface area contributed by atoms with Gasteiger partial charge in [0.1, 0.15) is 5.69 Å². The Balaban J connectivity index is 2.95. The minimum Gasteiger partial charge on any atom is -0.391 e. The molecule has 0 aliphatic carbocycles. The highest BCUT2D eigenvalue weighted by Crippen LogP contribution is 2.12. The van der Waals surface area contributed by atoms with Crippen molar-refractivity contribution in [2.45, 2.75) is 13.0 Å². The summed E-state index contributed by atoms with van der Waals surface area (Å²) in [4.78, 5) is 19.3. The van der Waals surface area contributed by atoms with Gasteiger partial charge >= 0.3 is 0 Å². The molecule has 0 radical (unpaired) electrons. The Morgan fingerprint density at radius 2 is 2.36 bits per heavy atom. The van der Waals surface area contributed by atoms with Crippen LogP contribution in [-0.4, -0.2) is 29.6 Å². The first-order valence-corrected chi connectivity index (χ1v) is 4.32. The lowest BCUT2D eigenvalue weighted by molar-refractivity contribution is 0.711. The van der Waals surface area contributed by atoms with Crippen LogP contribution in [0.2, 0.25) is 0 Å². The molecular formula is C8H15N5O. The topological polar surface area (TPSA) is 101 Å². The van der Waals surface area contributed by atoms with E-state index in [0.717, 1.165) is 0 Å². The van der Waals surface area contributed by atoms with Gasteiger partial charge in [0.15, 0.2) is 5.82 Å². The molecule has 1 heterocycles. The minimum absolute atomic E-state index is 0.000452. The summed E-state index contributed by atoms with van der Waals surface area (Å²) in [6, 6.07) is 0.000452. The molecule has 5 N–H and O–H groups in total. The monoisotopic (exact) mass is 197 g/mol. The second kappa shape index (κ2) is 4.10. The van der Waals surface area contributed by atoms with Gasteiger partial charge in [-0.25, -0.2) is 4.98 Å². The van der Waals surface area contributed by atoms with E-state index in [2.05, 4.69) is 9.97 Å². The van der Waals surface area contributed by atoms with Crippen LogP contribution in [0.3, 0.4) is 0 Å². The molecule has 1 rings (SSSR count). The average molecular weight is 197 g/mol. The Morgan fingerprint density at radius 3 is 2.93 bits per heavy atom. The van der Waals surface area contributed by atoms with E-state index in [4.69, 9.17) is 11.5 Å². The summed E-state index contributed by atoms with van der Waals surface area (Å²) < 4.78 is 0. The van der Waals surface area contributed by atoms with Crippen LogP contribution in [0.15, 0.2) is 11.1 Å². The summed E-state index contributed by atoms with van der Waals surface area (Å²) in [5.74, 6) is 0.464. The zero-order valence-electron chi connectivity index (χ0n) is 8.32. The molecule has 1 unspecified atom stereocenters. The fourth-order valence-electron chi connectivity index (χ4n) is 1.22. The SMILES string of the molecule is CC(N)CN(C)c1nc[nH]c(=O)c1N. The van der Waals surface area contributed by atoms with Gasteiger partial charge in [-0.05, 0) is 6.92 Å². The highest BCUT2D eigenvalue weighted by molar-refractivity contribution is 5.60. The summed E-state index contributed by atoms with van der Waals surface area (Å²) in [6.07, 6.45) is 1.33. The zero-order chi connectivity index (χ0) is 10.7. The van der Waals surface area contributed by atoms with Crippen LogP contribution in [0.5, 0.6) is 0 Å².